The van der Waals surface area contributed by atoms with Crippen LogP contribution in [0.1, 0.15) is 12.2 Å². The molecule has 0 aliphatic carbocycles. The van der Waals surface area contributed by atoms with E-state index in [9.17, 15) is 9.90 Å². The molecule has 0 saturated heterocycles. The van der Waals surface area contributed by atoms with Crippen molar-refractivity contribution in [2.75, 3.05) is 0 Å². The first kappa shape index (κ1) is 8.74. The highest BCUT2D eigenvalue weighted by Crippen LogP contribution is 2.10. The lowest BCUT2D eigenvalue weighted by atomic mass is 10.3. The fourth-order valence-electron chi connectivity index (χ4n) is 1.34. The van der Waals surface area contributed by atoms with Crippen LogP contribution < -0.4 is 5.11 Å². The molecule has 4 nitrogen and oxygen atoms in total. The van der Waals surface area contributed by atoms with Crippen LogP contribution in [0.2, 0.25) is 0 Å². The van der Waals surface area contributed by atoms with E-state index in [0.717, 1.165) is 11.0 Å². The molecule has 1 aromatic heterocycles. The van der Waals surface area contributed by atoms with Crippen LogP contribution >= 0.6 is 0 Å². The zero-order valence-corrected chi connectivity index (χ0v) is 7.49. The molecule has 2 aromatic rings. The van der Waals surface area contributed by atoms with E-state index in [4.69, 9.17) is 0 Å². The summed E-state index contributed by atoms with van der Waals surface area (Å²) < 4.78 is 0. The van der Waals surface area contributed by atoms with E-state index in [1.807, 2.05) is 24.3 Å². The maximum absolute atomic E-state index is 10.2. The van der Waals surface area contributed by atoms with Gasteiger partial charge in [-0.1, -0.05) is 12.1 Å². The number of benzene rings is 1. The summed E-state index contributed by atoms with van der Waals surface area (Å²) >= 11 is 0. The maximum Gasteiger partial charge on any atom is 0.107 e. The third-order valence-corrected chi connectivity index (χ3v) is 2.00. The molecule has 0 spiro atoms. The van der Waals surface area contributed by atoms with Crippen molar-refractivity contribution in [2.45, 2.75) is 12.8 Å². The number of hydrogen-bond donors (Lipinski definition) is 1. The van der Waals surface area contributed by atoms with Gasteiger partial charge < -0.3 is 14.9 Å². The lowest BCUT2D eigenvalue weighted by molar-refractivity contribution is -0.305. The van der Waals surface area contributed by atoms with E-state index in [-0.39, 0.29) is 6.42 Å². The summed E-state index contributed by atoms with van der Waals surface area (Å²) in [6, 6.07) is 7.59. The molecule has 0 radical (unpaired) electrons. The third-order valence-electron chi connectivity index (χ3n) is 2.00. The number of aromatic nitrogens is 2. The van der Waals surface area contributed by atoms with Gasteiger partial charge in [-0.15, -0.1) is 0 Å². The molecule has 4 heteroatoms. The monoisotopic (exact) mass is 189 g/mol. The van der Waals surface area contributed by atoms with Crippen molar-refractivity contribution in [3.63, 3.8) is 0 Å². The molecule has 72 valence electrons. The van der Waals surface area contributed by atoms with Crippen molar-refractivity contribution >= 4 is 17.0 Å². The number of aromatic amines is 1. The highest BCUT2D eigenvalue weighted by Gasteiger charge is 2.00. The molecule has 0 unspecified atom stereocenters. The Hall–Kier alpha value is -1.84. The summed E-state index contributed by atoms with van der Waals surface area (Å²) in [5.74, 6) is -0.360. The van der Waals surface area contributed by atoms with Crippen LogP contribution in [0.25, 0.3) is 11.0 Å². The van der Waals surface area contributed by atoms with Gasteiger partial charge in [-0.25, -0.2) is 4.98 Å². The number of H-pyrrole nitrogens is 1. The first-order valence-electron chi connectivity index (χ1n) is 4.39. The Bertz CT molecular complexity index is 429. The summed E-state index contributed by atoms with van der Waals surface area (Å²) in [7, 11) is 0. The standard InChI is InChI=1S/C10H10N2O2/c13-10(14)6-5-9-11-7-3-1-2-4-8(7)12-9/h1-4H,5-6H2,(H,11,12)(H,13,14)/p-1. The number of carbonyl (C=O) groups is 1. The van der Waals surface area contributed by atoms with Gasteiger partial charge in [-0.05, 0) is 18.6 Å². The Balaban J connectivity index is 2.22. The number of carboxylic acid groups (broad SMARTS) is 1. The fraction of sp³-hybridized carbons (Fsp3) is 0.200. The minimum atomic E-state index is -1.05. The summed E-state index contributed by atoms with van der Waals surface area (Å²) in [4.78, 5) is 17.5. The van der Waals surface area contributed by atoms with Crippen LogP contribution in [-0.2, 0) is 11.2 Å². The number of carbonyl (C=O) groups excluding carboxylic acids is 1. The molecule has 0 amide bonds. The van der Waals surface area contributed by atoms with Gasteiger partial charge in [0, 0.05) is 12.4 Å². The Morgan fingerprint density at radius 2 is 2.21 bits per heavy atom. The summed E-state index contributed by atoms with van der Waals surface area (Å²) in [6.45, 7) is 0. The number of nitrogens with zero attached hydrogens (tertiary/aromatic N) is 1. The van der Waals surface area contributed by atoms with Gasteiger partial charge in [0.1, 0.15) is 5.82 Å². The van der Waals surface area contributed by atoms with Crippen LogP contribution in [0.15, 0.2) is 24.3 Å². The lowest BCUT2D eigenvalue weighted by Gasteiger charge is -1.97. The van der Waals surface area contributed by atoms with Crippen molar-refractivity contribution in [2.24, 2.45) is 0 Å². The smallest absolute Gasteiger partial charge is 0.107 e. The first-order valence-corrected chi connectivity index (χ1v) is 4.39. The molecule has 0 saturated carbocycles. The minimum absolute atomic E-state index is 0.000177. The van der Waals surface area contributed by atoms with Crippen molar-refractivity contribution in [1.29, 1.82) is 0 Å². The molecule has 0 atom stereocenters. The predicted octanol–water partition coefficient (Wildman–Crippen LogP) is 0.245. The maximum atomic E-state index is 10.2. The van der Waals surface area contributed by atoms with E-state index < -0.39 is 5.97 Å². The zero-order chi connectivity index (χ0) is 9.97. The van der Waals surface area contributed by atoms with Gasteiger partial charge in [-0.3, -0.25) is 0 Å². The molecule has 0 bridgehead atoms. The highest BCUT2D eigenvalue weighted by atomic mass is 16.4. The number of imidazole rings is 1. The van der Waals surface area contributed by atoms with Gasteiger partial charge in [-0.2, -0.15) is 0 Å². The zero-order valence-electron chi connectivity index (χ0n) is 7.49. The second kappa shape index (κ2) is 3.49. The Morgan fingerprint density at radius 1 is 1.43 bits per heavy atom. The Labute approximate surface area is 80.6 Å². The van der Waals surface area contributed by atoms with Crippen LogP contribution in [0.4, 0.5) is 0 Å². The van der Waals surface area contributed by atoms with Crippen molar-refractivity contribution in [3.05, 3.63) is 30.1 Å². The van der Waals surface area contributed by atoms with Crippen LogP contribution in [0.5, 0.6) is 0 Å². The molecule has 14 heavy (non-hydrogen) atoms. The molecule has 1 N–H and O–H groups in total. The quantitative estimate of drug-likeness (QED) is 0.752. The Morgan fingerprint density at radius 3 is 2.93 bits per heavy atom. The summed E-state index contributed by atoms with van der Waals surface area (Å²) in [5.41, 5.74) is 1.79. The minimum Gasteiger partial charge on any atom is -0.550 e. The van der Waals surface area contributed by atoms with Crippen molar-refractivity contribution in [3.8, 4) is 0 Å². The van der Waals surface area contributed by atoms with Gasteiger partial charge >= 0.3 is 0 Å². The molecule has 0 aliphatic heterocycles. The second-order valence-corrected chi connectivity index (χ2v) is 3.07. The normalized spacial score (nSPS) is 10.6. The largest absolute Gasteiger partial charge is 0.550 e. The SMILES string of the molecule is O=C([O-])CCc1nc2ccccc2[nH]1. The number of para-hydroxylation sites is 2. The van der Waals surface area contributed by atoms with E-state index in [0.29, 0.717) is 12.2 Å². The van der Waals surface area contributed by atoms with E-state index >= 15 is 0 Å². The number of hydrogen-bond acceptors (Lipinski definition) is 3. The molecule has 0 aliphatic rings. The first-order chi connectivity index (χ1) is 6.75. The second-order valence-electron chi connectivity index (χ2n) is 3.07. The molecule has 0 fully saturated rings. The average molecular weight is 189 g/mol. The molecular formula is C10H9N2O2-. The molecule has 2 rings (SSSR count). The molecule has 1 heterocycles. The predicted molar refractivity (Wildman–Crippen MR) is 49.4 cm³/mol. The highest BCUT2D eigenvalue weighted by molar-refractivity contribution is 5.74. The average Bonchev–Trinajstić information content (AvgIpc) is 2.57. The molecular weight excluding hydrogens is 180 g/mol. The number of fused-ring (bicyclic) bond motifs is 1. The number of aliphatic carboxylic acids is 1. The summed E-state index contributed by atoms with van der Waals surface area (Å²) in [5, 5.41) is 10.2. The van der Waals surface area contributed by atoms with Crippen molar-refractivity contribution in [1.82, 2.24) is 9.97 Å². The molecule has 1 aromatic carbocycles. The van der Waals surface area contributed by atoms with Crippen LogP contribution in [-0.4, -0.2) is 15.9 Å². The third kappa shape index (κ3) is 1.74. The summed E-state index contributed by atoms with van der Waals surface area (Å²) in [6.07, 6.45) is 0.386. The van der Waals surface area contributed by atoms with Crippen LogP contribution in [0, 0.1) is 0 Å². The van der Waals surface area contributed by atoms with Gasteiger partial charge in [0.05, 0.1) is 11.0 Å². The van der Waals surface area contributed by atoms with E-state index in [1.165, 1.54) is 0 Å². The van der Waals surface area contributed by atoms with Gasteiger partial charge in [0.2, 0.25) is 0 Å². The van der Waals surface area contributed by atoms with Crippen molar-refractivity contribution < 1.29 is 9.90 Å². The lowest BCUT2D eigenvalue weighted by Crippen LogP contribution is -2.22. The number of aryl methyl sites for hydroxylation is 1. The van der Waals surface area contributed by atoms with Gasteiger partial charge in [0.25, 0.3) is 0 Å². The Kier molecular flexibility index (Phi) is 2.18. The number of rotatable bonds is 3. The number of nitrogens with one attached hydrogen (secondary N) is 1. The number of carboxylic acids is 1. The van der Waals surface area contributed by atoms with E-state index in [1.54, 1.807) is 0 Å². The van der Waals surface area contributed by atoms with E-state index in [2.05, 4.69) is 9.97 Å². The van der Waals surface area contributed by atoms with Crippen LogP contribution in [0.3, 0.4) is 0 Å². The topological polar surface area (TPSA) is 68.8 Å². The van der Waals surface area contributed by atoms with Gasteiger partial charge in [0.15, 0.2) is 0 Å². The fourth-order valence-corrected chi connectivity index (χ4v) is 1.34.